The van der Waals surface area contributed by atoms with Crippen molar-refractivity contribution in [3.8, 4) is 0 Å². The van der Waals surface area contributed by atoms with E-state index in [1.54, 1.807) is 24.3 Å². The fraction of sp³-hybridized carbons (Fsp3) is 0.600. The smallest absolute Gasteiger partial charge is 0.179 e. The molecule has 1 aromatic rings. The maximum Gasteiger partial charge on any atom is 0.179 e. The van der Waals surface area contributed by atoms with E-state index in [0.29, 0.717) is 17.5 Å². The molecule has 0 saturated carbocycles. The highest BCUT2D eigenvalue weighted by molar-refractivity contribution is 9.10. The summed E-state index contributed by atoms with van der Waals surface area (Å²) in [4.78, 5) is 2.64. The van der Waals surface area contributed by atoms with E-state index in [-0.39, 0.29) is 12.4 Å². The molecule has 1 N–H and O–H groups in total. The molecule has 0 amide bonds. The Morgan fingerprint density at radius 3 is 2.67 bits per heavy atom. The highest BCUT2D eigenvalue weighted by Gasteiger charge is 2.25. The van der Waals surface area contributed by atoms with Gasteiger partial charge in [-0.05, 0) is 56.5 Å². The van der Waals surface area contributed by atoms with Crippen LogP contribution in [0.4, 0.5) is 0 Å². The Labute approximate surface area is 135 Å². The normalized spacial score (nSPS) is 20.0. The average molecular weight is 376 g/mol. The summed E-state index contributed by atoms with van der Waals surface area (Å²) in [6.45, 7) is 1.75. The van der Waals surface area contributed by atoms with Gasteiger partial charge in [0.2, 0.25) is 0 Å². The number of aliphatic hydroxyl groups is 1. The van der Waals surface area contributed by atoms with Gasteiger partial charge in [0, 0.05) is 23.7 Å². The van der Waals surface area contributed by atoms with Crippen LogP contribution in [0, 0.1) is 0 Å². The van der Waals surface area contributed by atoms with Crippen LogP contribution in [0.3, 0.4) is 0 Å². The highest BCUT2D eigenvalue weighted by Crippen LogP contribution is 2.22. The van der Waals surface area contributed by atoms with Crippen molar-refractivity contribution in [2.24, 2.45) is 0 Å². The molecule has 1 fully saturated rings. The summed E-state index contributed by atoms with van der Waals surface area (Å²) in [6, 6.07) is 7.23. The zero-order valence-electron chi connectivity index (χ0n) is 12.0. The third kappa shape index (κ3) is 4.77. The predicted octanol–water partition coefficient (Wildman–Crippen LogP) is 2.46. The fourth-order valence-electron chi connectivity index (χ4n) is 2.84. The maximum atomic E-state index is 12.3. The van der Waals surface area contributed by atoms with E-state index in [0.717, 1.165) is 36.7 Å². The Kier molecular flexibility index (Phi) is 6.22. The maximum absolute atomic E-state index is 12.3. The number of sulfone groups is 1. The summed E-state index contributed by atoms with van der Waals surface area (Å²) in [5.74, 6) is 0.157. The molecule has 118 valence electrons. The van der Waals surface area contributed by atoms with Gasteiger partial charge in [-0.15, -0.1) is 0 Å². The van der Waals surface area contributed by atoms with E-state index in [9.17, 15) is 8.42 Å². The number of aliphatic hydroxyl groups excluding tert-OH is 1. The minimum absolute atomic E-state index is 0.157. The molecule has 0 radical (unpaired) electrons. The summed E-state index contributed by atoms with van der Waals surface area (Å²) in [7, 11) is -3.22. The average Bonchev–Trinajstić information content (AvgIpc) is 2.91. The van der Waals surface area contributed by atoms with E-state index < -0.39 is 9.84 Å². The van der Waals surface area contributed by atoms with Gasteiger partial charge in [-0.25, -0.2) is 8.42 Å². The van der Waals surface area contributed by atoms with Crippen LogP contribution in [0.2, 0.25) is 0 Å². The second-order valence-electron chi connectivity index (χ2n) is 5.47. The van der Waals surface area contributed by atoms with Crippen molar-refractivity contribution in [2.45, 2.75) is 36.6 Å². The van der Waals surface area contributed by atoms with Crippen molar-refractivity contribution in [3.63, 3.8) is 0 Å². The van der Waals surface area contributed by atoms with Gasteiger partial charge in [0.25, 0.3) is 0 Å². The van der Waals surface area contributed by atoms with E-state index in [2.05, 4.69) is 20.8 Å². The molecule has 4 nitrogen and oxygen atoms in total. The lowest BCUT2D eigenvalue weighted by molar-refractivity contribution is 0.224. The first-order chi connectivity index (χ1) is 10.0. The predicted molar refractivity (Wildman–Crippen MR) is 87.1 cm³/mol. The second kappa shape index (κ2) is 7.72. The van der Waals surface area contributed by atoms with Gasteiger partial charge in [-0.2, -0.15) is 0 Å². The van der Waals surface area contributed by atoms with Crippen molar-refractivity contribution < 1.29 is 13.5 Å². The van der Waals surface area contributed by atoms with E-state index in [1.807, 2.05) is 0 Å². The molecule has 1 aliphatic heterocycles. The Morgan fingerprint density at radius 1 is 1.29 bits per heavy atom. The molecule has 1 aromatic carbocycles. The van der Waals surface area contributed by atoms with Crippen LogP contribution in [-0.4, -0.2) is 49.9 Å². The lowest BCUT2D eigenvalue weighted by Crippen LogP contribution is -2.34. The number of nitrogens with zero attached hydrogens (tertiary/aromatic N) is 1. The van der Waals surface area contributed by atoms with Crippen molar-refractivity contribution in [1.29, 1.82) is 0 Å². The largest absolute Gasteiger partial charge is 0.396 e. The van der Waals surface area contributed by atoms with Gasteiger partial charge in [0.1, 0.15) is 0 Å². The highest BCUT2D eigenvalue weighted by atomic mass is 79.9. The van der Waals surface area contributed by atoms with E-state index in [4.69, 9.17) is 5.11 Å². The zero-order valence-corrected chi connectivity index (χ0v) is 14.4. The van der Waals surface area contributed by atoms with Crippen LogP contribution in [0.1, 0.15) is 25.7 Å². The van der Waals surface area contributed by atoms with E-state index in [1.165, 1.54) is 0 Å². The molecule has 1 saturated heterocycles. The van der Waals surface area contributed by atoms with Crippen LogP contribution in [0.5, 0.6) is 0 Å². The first-order valence-electron chi connectivity index (χ1n) is 7.36. The molecular weight excluding hydrogens is 354 g/mol. The summed E-state index contributed by atoms with van der Waals surface area (Å²) in [6.07, 6.45) is 3.97. The molecule has 2 rings (SSSR count). The Hall–Kier alpha value is -0.430. The SMILES string of the molecule is O=S(=O)(CCN1CCCC1CCCO)c1ccc(Br)cc1. The molecule has 1 atom stereocenters. The number of rotatable bonds is 7. The standard InChI is InChI=1S/C15H22BrNO3S/c16-13-5-7-15(8-6-13)21(19,20)12-10-17-9-1-3-14(17)4-2-11-18/h5-8,14,18H,1-4,9-12H2. The third-order valence-electron chi connectivity index (χ3n) is 4.01. The van der Waals surface area contributed by atoms with Crippen LogP contribution in [0.25, 0.3) is 0 Å². The number of hydrogen-bond acceptors (Lipinski definition) is 4. The molecule has 6 heteroatoms. The Morgan fingerprint density at radius 2 is 2.00 bits per heavy atom. The van der Waals surface area contributed by atoms with E-state index >= 15 is 0 Å². The van der Waals surface area contributed by atoms with Crippen molar-refractivity contribution in [2.75, 3.05) is 25.4 Å². The van der Waals surface area contributed by atoms with Gasteiger partial charge < -0.3 is 5.11 Å². The quantitative estimate of drug-likeness (QED) is 0.794. The van der Waals surface area contributed by atoms with Crippen molar-refractivity contribution in [3.05, 3.63) is 28.7 Å². The van der Waals surface area contributed by atoms with Crippen LogP contribution in [-0.2, 0) is 9.84 Å². The van der Waals surface area contributed by atoms with Crippen molar-refractivity contribution >= 4 is 25.8 Å². The zero-order chi connectivity index (χ0) is 15.3. The molecule has 1 heterocycles. The first kappa shape index (κ1) is 16.9. The Balaban J connectivity index is 1.93. The van der Waals surface area contributed by atoms with Crippen LogP contribution < -0.4 is 0 Å². The minimum atomic E-state index is -3.22. The summed E-state index contributed by atoms with van der Waals surface area (Å²) < 4.78 is 25.6. The van der Waals surface area contributed by atoms with Crippen LogP contribution >= 0.6 is 15.9 Å². The van der Waals surface area contributed by atoms with Gasteiger partial charge in [0.15, 0.2) is 9.84 Å². The first-order valence-corrected chi connectivity index (χ1v) is 9.81. The molecule has 0 aliphatic carbocycles. The van der Waals surface area contributed by atoms with Gasteiger partial charge in [0.05, 0.1) is 10.6 Å². The fourth-order valence-corrected chi connectivity index (χ4v) is 4.37. The number of hydrogen-bond donors (Lipinski definition) is 1. The minimum Gasteiger partial charge on any atom is -0.396 e. The van der Waals surface area contributed by atoms with Gasteiger partial charge in [-0.1, -0.05) is 15.9 Å². The summed E-state index contributed by atoms with van der Waals surface area (Å²) >= 11 is 3.31. The molecule has 0 bridgehead atoms. The molecule has 1 unspecified atom stereocenters. The third-order valence-corrected chi connectivity index (χ3v) is 6.25. The molecule has 1 aliphatic rings. The van der Waals surface area contributed by atoms with Gasteiger partial charge >= 0.3 is 0 Å². The van der Waals surface area contributed by atoms with Gasteiger partial charge in [-0.3, -0.25) is 4.90 Å². The lowest BCUT2D eigenvalue weighted by Gasteiger charge is -2.24. The monoisotopic (exact) mass is 375 g/mol. The summed E-state index contributed by atoms with van der Waals surface area (Å²) in [5, 5.41) is 8.92. The molecular formula is C15H22BrNO3S. The molecule has 21 heavy (non-hydrogen) atoms. The second-order valence-corrected chi connectivity index (χ2v) is 8.50. The lowest BCUT2D eigenvalue weighted by atomic mass is 10.1. The topological polar surface area (TPSA) is 57.6 Å². The number of likely N-dealkylation sites (tertiary alicyclic amines) is 1. The molecule has 0 spiro atoms. The van der Waals surface area contributed by atoms with Crippen LogP contribution in [0.15, 0.2) is 33.6 Å². The number of benzene rings is 1. The Bertz CT molecular complexity index is 545. The molecule has 0 aromatic heterocycles. The number of halogens is 1. The summed E-state index contributed by atoms with van der Waals surface area (Å²) in [5.41, 5.74) is 0. The van der Waals surface area contributed by atoms with Crippen molar-refractivity contribution in [1.82, 2.24) is 4.90 Å².